The summed E-state index contributed by atoms with van der Waals surface area (Å²) in [6, 6.07) is 0. The first-order valence-electron chi connectivity index (χ1n) is 6.19. The van der Waals surface area contributed by atoms with Crippen LogP contribution < -0.4 is 0 Å². The Morgan fingerprint density at radius 1 is 1.20 bits per heavy atom. The van der Waals surface area contributed by atoms with Crippen molar-refractivity contribution in [2.45, 2.75) is 47.1 Å². The van der Waals surface area contributed by atoms with Gasteiger partial charge in [0.2, 0.25) is 0 Å². The number of hydrogen-bond donors (Lipinski definition) is 1. The van der Waals surface area contributed by atoms with E-state index in [-0.39, 0.29) is 11.5 Å². The molecule has 1 aliphatic heterocycles. The van der Waals surface area contributed by atoms with E-state index in [1.165, 1.54) is 6.42 Å². The largest absolute Gasteiger partial charge is 0.391 e. The lowest BCUT2D eigenvalue weighted by molar-refractivity contribution is 0.0101. The predicted octanol–water partition coefficient (Wildman–Crippen LogP) is 2.37. The van der Waals surface area contributed by atoms with Gasteiger partial charge in [0, 0.05) is 19.6 Å². The highest BCUT2D eigenvalue weighted by atomic mass is 16.3. The summed E-state index contributed by atoms with van der Waals surface area (Å²) in [4.78, 5) is 2.43. The molecule has 2 nitrogen and oxygen atoms in total. The van der Waals surface area contributed by atoms with Gasteiger partial charge in [-0.25, -0.2) is 0 Å². The van der Waals surface area contributed by atoms with Gasteiger partial charge in [-0.2, -0.15) is 0 Å². The topological polar surface area (TPSA) is 23.5 Å². The van der Waals surface area contributed by atoms with Crippen molar-refractivity contribution >= 4 is 0 Å². The van der Waals surface area contributed by atoms with Crippen LogP contribution in [0.5, 0.6) is 0 Å². The van der Waals surface area contributed by atoms with Crippen molar-refractivity contribution in [1.82, 2.24) is 4.90 Å². The standard InChI is InChI=1S/C13H27NO/c1-10-6-11(2)8-14(7-10)9-12(15)13(3,4)5/h10-12,15H,6-9H2,1-5H3. The number of hydrogen-bond acceptors (Lipinski definition) is 2. The fourth-order valence-electron chi connectivity index (χ4n) is 2.46. The van der Waals surface area contributed by atoms with Gasteiger partial charge in [0.05, 0.1) is 6.10 Å². The normalized spacial score (nSPS) is 31.6. The van der Waals surface area contributed by atoms with Gasteiger partial charge < -0.3 is 10.0 Å². The van der Waals surface area contributed by atoms with E-state index in [4.69, 9.17) is 0 Å². The minimum Gasteiger partial charge on any atom is -0.391 e. The number of aliphatic hydroxyl groups is 1. The van der Waals surface area contributed by atoms with E-state index in [1.54, 1.807) is 0 Å². The number of nitrogens with zero attached hydrogens (tertiary/aromatic N) is 1. The first kappa shape index (κ1) is 13.0. The van der Waals surface area contributed by atoms with Crippen LogP contribution in [0.4, 0.5) is 0 Å². The van der Waals surface area contributed by atoms with Crippen LogP contribution in [0.25, 0.3) is 0 Å². The molecule has 0 aromatic rings. The molecule has 1 saturated heterocycles. The van der Waals surface area contributed by atoms with Crippen molar-refractivity contribution in [2.75, 3.05) is 19.6 Å². The molecule has 1 fully saturated rings. The molecule has 1 N–H and O–H groups in total. The highest BCUT2D eigenvalue weighted by Crippen LogP contribution is 2.24. The molecule has 3 atom stereocenters. The molecule has 1 heterocycles. The van der Waals surface area contributed by atoms with Gasteiger partial charge in [0.1, 0.15) is 0 Å². The van der Waals surface area contributed by atoms with Crippen LogP contribution in [0.2, 0.25) is 0 Å². The molecule has 0 aromatic carbocycles. The number of rotatable bonds is 2. The van der Waals surface area contributed by atoms with Crippen LogP contribution in [0.3, 0.4) is 0 Å². The van der Waals surface area contributed by atoms with Gasteiger partial charge >= 0.3 is 0 Å². The molecule has 2 heteroatoms. The van der Waals surface area contributed by atoms with E-state index in [2.05, 4.69) is 39.5 Å². The quantitative estimate of drug-likeness (QED) is 0.761. The van der Waals surface area contributed by atoms with Crippen LogP contribution in [0, 0.1) is 17.3 Å². The molecule has 0 saturated carbocycles. The van der Waals surface area contributed by atoms with Crippen LogP contribution >= 0.6 is 0 Å². The molecule has 0 radical (unpaired) electrons. The maximum absolute atomic E-state index is 10.1. The second kappa shape index (κ2) is 4.84. The molecule has 1 aliphatic rings. The third-order valence-electron chi connectivity index (χ3n) is 3.38. The average molecular weight is 213 g/mol. The highest BCUT2D eigenvalue weighted by Gasteiger charge is 2.28. The van der Waals surface area contributed by atoms with Gasteiger partial charge in [-0.3, -0.25) is 0 Å². The van der Waals surface area contributed by atoms with Crippen LogP contribution in [-0.2, 0) is 0 Å². The number of aliphatic hydroxyl groups excluding tert-OH is 1. The van der Waals surface area contributed by atoms with E-state index in [9.17, 15) is 5.11 Å². The van der Waals surface area contributed by atoms with Crippen molar-refractivity contribution < 1.29 is 5.11 Å². The number of piperidine rings is 1. The lowest BCUT2D eigenvalue weighted by atomic mass is 9.87. The van der Waals surface area contributed by atoms with Crippen molar-refractivity contribution in [3.8, 4) is 0 Å². The molecule has 0 spiro atoms. The minimum absolute atomic E-state index is 0.00389. The molecule has 0 aliphatic carbocycles. The zero-order valence-corrected chi connectivity index (χ0v) is 11.0. The summed E-state index contributed by atoms with van der Waals surface area (Å²) in [7, 11) is 0. The van der Waals surface area contributed by atoms with Gasteiger partial charge in [0.15, 0.2) is 0 Å². The first-order chi connectivity index (χ1) is 6.79. The zero-order chi connectivity index (χ0) is 11.6. The highest BCUT2D eigenvalue weighted by molar-refractivity contribution is 4.81. The van der Waals surface area contributed by atoms with Crippen molar-refractivity contribution in [3.63, 3.8) is 0 Å². The average Bonchev–Trinajstić information content (AvgIpc) is 1.99. The molecule has 15 heavy (non-hydrogen) atoms. The molecular weight excluding hydrogens is 186 g/mol. The van der Waals surface area contributed by atoms with E-state index >= 15 is 0 Å². The van der Waals surface area contributed by atoms with E-state index in [0.29, 0.717) is 0 Å². The smallest absolute Gasteiger partial charge is 0.0715 e. The first-order valence-corrected chi connectivity index (χ1v) is 6.19. The Morgan fingerprint density at radius 3 is 2.07 bits per heavy atom. The monoisotopic (exact) mass is 213 g/mol. The number of likely N-dealkylation sites (tertiary alicyclic amines) is 1. The van der Waals surface area contributed by atoms with E-state index in [0.717, 1.165) is 31.5 Å². The summed E-state index contributed by atoms with van der Waals surface area (Å²) in [5.74, 6) is 1.56. The lowest BCUT2D eigenvalue weighted by Crippen LogP contribution is -2.45. The minimum atomic E-state index is -0.213. The molecule has 90 valence electrons. The molecule has 0 bridgehead atoms. The zero-order valence-electron chi connectivity index (χ0n) is 11.0. The SMILES string of the molecule is CC1CC(C)CN(CC(O)C(C)(C)C)C1. The fraction of sp³-hybridized carbons (Fsp3) is 1.00. The van der Waals surface area contributed by atoms with Gasteiger partial charge in [-0.1, -0.05) is 34.6 Å². The van der Waals surface area contributed by atoms with Gasteiger partial charge in [0.25, 0.3) is 0 Å². The van der Waals surface area contributed by atoms with E-state index in [1.807, 2.05) is 0 Å². The Hall–Kier alpha value is -0.0800. The van der Waals surface area contributed by atoms with Crippen LogP contribution in [-0.4, -0.2) is 35.7 Å². The Bertz CT molecular complexity index is 187. The Balaban J connectivity index is 2.44. The predicted molar refractivity (Wildman–Crippen MR) is 64.8 cm³/mol. The maximum Gasteiger partial charge on any atom is 0.0715 e. The van der Waals surface area contributed by atoms with Gasteiger partial charge in [-0.05, 0) is 23.7 Å². The third-order valence-corrected chi connectivity index (χ3v) is 3.38. The summed E-state index contributed by atoms with van der Waals surface area (Å²) in [6.07, 6.45) is 1.12. The molecule has 0 amide bonds. The second-order valence-electron chi connectivity index (χ2n) is 6.55. The molecule has 3 unspecified atom stereocenters. The summed E-state index contributed by atoms with van der Waals surface area (Å²) >= 11 is 0. The summed E-state index contributed by atoms with van der Waals surface area (Å²) < 4.78 is 0. The van der Waals surface area contributed by atoms with Crippen molar-refractivity contribution in [3.05, 3.63) is 0 Å². The van der Waals surface area contributed by atoms with Crippen LogP contribution in [0.15, 0.2) is 0 Å². The Morgan fingerprint density at radius 2 is 1.67 bits per heavy atom. The second-order valence-corrected chi connectivity index (χ2v) is 6.55. The van der Waals surface area contributed by atoms with Crippen molar-refractivity contribution in [2.24, 2.45) is 17.3 Å². The molecule has 1 rings (SSSR count). The van der Waals surface area contributed by atoms with Crippen LogP contribution in [0.1, 0.15) is 41.0 Å². The van der Waals surface area contributed by atoms with E-state index < -0.39 is 0 Å². The molecular formula is C13H27NO. The lowest BCUT2D eigenvalue weighted by Gasteiger charge is -2.38. The fourth-order valence-corrected chi connectivity index (χ4v) is 2.46. The Labute approximate surface area is 94.7 Å². The summed E-state index contributed by atoms with van der Waals surface area (Å²) in [5.41, 5.74) is 0.00389. The Kier molecular flexibility index (Phi) is 4.19. The van der Waals surface area contributed by atoms with Crippen molar-refractivity contribution in [1.29, 1.82) is 0 Å². The number of β-amino-alcohol motifs (C(OH)–C–C–N with tert-alkyl or cyclic N) is 1. The maximum atomic E-state index is 10.1. The summed E-state index contributed by atoms with van der Waals surface area (Å²) in [5, 5.41) is 10.1. The summed E-state index contributed by atoms with van der Waals surface area (Å²) in [6.45, 7) is 14.1. The van der Waals surface area contributed by atoms with Gasteiger partial charge in [-0.15, -0.1) is 0 Å². The molecule has 0 aromatic heterocycles. The third kappa shape index (κ3) is 4.12.